The Morgan fingerprint density at radius 3 is 2.75 bits per heavy atom. The van der Waals surface area contributed by atoms with Gasteiger partial charge in [-0.2, -0.15) is 0 Å². The van der Waals surface area contributed by atoms with Gasteiger partial charge in [-0.15, -0.1) is 11.3 Å². The summed E-state index contributed by atoms with van der Waals surface area (Å²) >= 11 is 1.34. The Hall–Kier alpha value is -1.92. The molecule has 2 atom stereocenters. The third kappa shape index (κ3) is 2.17. The smallest absolute Gasteiger partial charge is 0.326 e. The molecule has 1 aromatic carbocycles. The number of carboxylic acid groups (broad SMARTS) is 1. The van der Waals surface area contributed by atoms with Gasteiger partial charge >= 0.3 is 5.97 Å². The molecule has 0 aliphatic carbocycles. The van der Waals surface area contributed by atoms with Crippen LogP contribution in [0.2, 0.25) is 0 Å². The van der Waals surface area contributed by atoms with Crippen molar-refractivity contribution in [2.45, 2.75) is 18.6 Å². The van der Waals surface area contributed by atoms with Crippen LogP contribution in [0, 0.1) is 0 Å². The van der Waals surface area contributed by atoms with Crippen LogP contribution in [-0.2, 0) is 4.79 Å². The first-order valence-corrected chi connectivity index (χ1v) is 7.08. The monoisotopic (exact) mass is 291 g/mol. The van der Waals surface area contributed by atoms with Crippen LogP contribution in [0.5, 0.6) is 0 Å². The fourth-order valence-corrected chi connectivity index (χ4v) is 3.52. The van der Waals surface area contributed by atoms with Gasteiger partial charge in [-0.25, -0.2) is 4.79 Å². The van der Waals surface area contributed by atoms with Gasteiger partial charge in [-0.1, -0.05) is 18.2 Å². The molecule has 1 aromatic heterocycles. The van der Waals surface area contributed by atoms with Gasteiger partial charge in [0.1, 0.15) is 6.04 Å². The van der Waals surface area contributed by atoms with Crippen LogP contribution in [-0.4, -0.2) is 45.7 Å². The Bertz CT molecular complexity index is 648. The lowest BCUT2D eigenvalue weighted by Crippen LogP contribution is -2.40. The number of rotatable bonds is 2. The van der Waals surface area contributed by atoms with Gasteiger partial charge in [0, 0.05) is 17.7 Å². The maximum absolute atomic E-state index is 12.4. The Morgan fingerprint density at radius 1 is 1.30 bits per heavy atom. The molecule has 2 aromatic rings. The molecule has 1 amide bonds. The Kier molecular flexibility index (Phi) is 3.19. The third-order valence-corrected chi connectivity index (χ3v) is 4.57. The van der Waals surface area contributed by atoms with Crippen LogP contribution in [0.15, 0.2) is 30.3 Å². The van der Waals surface area contributed by atoms with E-state index in [1.165, 1.54) is 16.2 Å². The van der Waals surface area contributed by atoms with Gasteiger partial charge in [0.05, 0.1) is 11.0 Å². The molecule has 2 N–H and O–H groups in total. The van der Waals surface area contributed by atoms with E-state index in [4.69, 9.17) is 5.11 Å². The number of aliphatic hydroxyl groups is 1. The molecule has 20 heavy (non-hydrogen) atoms. The van der Waals surface area contributed by atoms with Crippen molar-refractivity contribution in [2.24, 2.45) is 0 Å². The first kappa shape index (κ1) is 13.1. The zero-order chi connectivity index (χ0) is 14.3. The number of carboxylic acids is 1. The first-order valence-electron chi connectivity index (χ1n) is 6.26. The highest BCUT2D eigenvalue weighted by atomic mass is 32.1. The molecule has 6 heteroatoms. The lowest BCUT2D eigenvalue weighted by molar-refractivity contribution is -0.141. The van der Waals surface area contributed by atoms with Crippen LogP contribution in [0.1, 0.15) is 16.1 Å². The number of carbonyl (C=O) groups excluding carboxylic acids is 1. The minimum atomic E-state index is -1.07. The number of amides is 1. The van der Waals surface area contributed by atoms with Crippen molar-refractivity contribution in [2.75, 3.05) is 6.54 Å². The van der Waals surface area contributed by atoms with Crippen molar-refractivity contribution in [3.63, 3.8) is 0 Å². The molecule has 0 spiro atoms. The highest BCUT2D eigenvalue weighted by molar-refractivity contribution is 7.20. The second-order valence-corrected chi connectivity index (χ2v) is 5.93. The van der Waals surface area contributed by atoms with E-state index in [-0.39, 0.29) is 18.9 Å². The largest absolute Gasteiger partial charge is 0.480 e. The van der Waals surface area contributed by atoms with E-state index < -0.39 is 18.1 Å². The van der Waals surface area contributed by atoms with E-state index >= 15 is 0 Å². The number of likely N-dealkylation sites (tertiary alicyclic amines) is 1. The van der Waals surface area contributed by atoms with E-state index in [0.717, 1.165) is 10.1 Å². The van der Waals surface area contributed by atoms with E-state index in [0.29, 0.717) is 4.88 Å². The second kappa shape index (κ2) is 4.88. The number of thiophene rings is 1. The quantitative estimate of drug-likeness (QED) is 0.880. The van der Waals surface area contributed by atoms with E-state index in [1.807, 2.05) is 24.3 Å². The zero-order valence-corrected chi connectivity index (χ0v) is 11.3. The molecule has 1 aliphatic rings. The van der Waals surface area contributed by atoms with Crippen molar-refractivity contribution in [3.8, 4) is 0 Å². The van der Waals surface area contributed by atoms with E-state index in [2.05, 4.69) is 0 Å². The summed E-state index contributed by atoms with van der Waals surface area (Å²) in [6.07, 6.45) is -0.680. The molecule has 104 valence electrons. The molecule has 0 radical (unpaired) electrons. The first-order chi connectivity index (χ1) is 9.56. The predicted molar refractivity (Wildman–Crippen MR) is 74.9 cm³/mol. The van der Waals surface area contributed by atoms with E-state index in [1.54, 1.807) is 6.07 Å². The van der Waals surface area contributed by atoms with Crippen molar-refractivity contribution in [1.29, 1.82) is 0 Å². The number of hydrogen-bond donors (Lipinski definition) is 2. The number of nitrogens with zero attached hydrogens (tertiary/aromatic N) is 1. The number of β-amino-alcohol motifs (C(OH)–C–C–N with tert-alkyl or cyclic N) is 1. The van der Waals surface area contributed by atoms with Crippen LogP contribution >= 0.6 is 11.3 Å². The maximum atomic E-state index is 12.4. The molecule has 2 heterocycles. The van der Waals surface area contributed by atoms with E-state index in [9.17, 15) is 14.7 Å². The number of benzene rings is 1. The van der Waals surface area contributed by atoms with Crippen LogP contribution in [0.4, 0.5) is 0 Å². The van der Waals surface area contributed by atoms with Gasteiger partial charge < -0.3 is 15.1 Å². The molecular weight excluding hydrogens is 278 g/mol. The van der Waals surface area contributed by atoms with Crippen LogP contribution in [0.3, 0.4) is 0 Å². The molecule has 3 rings (SSSR count). The average molecular weight is 291 g/mol. The SMILES string of the molecule is O=C(O)[C@@H]1CC(O)CN1C(=O)c1cc2ccccc2s1. The molecule has 1 saturated heterocycles. The summed E-state index contributed by atoms with van der Waals surface area (Å²) in [7, 11) is 0. The molecule has 0 bridgehead atoms. The maximum Gasteiger partial charge on any atom is 0.326 e. The Balaban J connectivity index is 1.93. The van der Waals surface area contributed by atoms with Crippen molar-refractivity contribution >= 4 is 33.3 Å². The molecule has 5 nitrogen and oxygen atoms in total. The summed E-state index contributed by atoms with van der Waals surface area (Å²) in [5, 5.41) is 19.7. The van der Waals surface area contributed by atoms with Gasteiger partial charge in [-0.05, 0) is 17.5 Å². The summed E-state index contributed by atoms with van der Waals surface area (Å²) in [5.74, 6) is -1.40. The van der Waals surface area contributed by atoms with Crippen LogP contribution < -0.4 is 0 Å². The Labute approximate surface area is 119 Å². The Morgan fingerprint density at radius 2 is 2.05 bits per heavy atom. The van der Waals surface area contributed by atoms with Crippen LogP contribution in [0.25, 0.3) is 10.1 Å². The number of aliphatic carboxylic acids is 1. The minimum Gasteiger partial charge on any atom is -0.480 e. The summed E-state index contributed by atoms with van der Waals surface area (Å²) in [4.78, 5) is 25.4. The summed E-state index contributed by atoms with van der Waals surface area (Å²) in [6, 6.07) is 8.45. The molecule has 1 fully saturated rings. The van der Waals surface area contributed by atoms with Gasteiger partial charge in [0.25, 0.3) is 5.91 Å². The molecule has 1 aliphatic heterocycles. The third-order valence-electron chi connectivity index (χ3n) is 3.46. The lowest BCUT2D eigenvalue weighted by atomic mass is 10.2. The standard InChI is InChI=1S/C14H13NO4S/c16-9-6-10(14(18)19)15(7-9)13(17)12-5-8-3-1-2-4-11(8)20-12/h1-5,9-10,16H,6-7H2,(H,18,19)/t9?,10-/m0/s1. The topological polar surface area (TPSA) is 77.8 Å². The van der Waals surface area contributed by atoms with Crippen molar-refractivity contribution < 1.29 is 19.8 Å². The van der Waals surface area contributed by atoms with Gasteiger partial charge in [-0.3, -0.25) is 4.79 Å². The highest BCUT2D eigenvalue weighted by Gasteiger charge is 2.39. The highest BCUT2D eigenvalue weighted by Crippen LogP contribution is 2.29. The number of hydrogen-bond acceptors (Lipinski definition) is 4. The second-order valence-electron chi connectivity index (χ2n) is 4.85. The summed E-state index contributed by atoms with van der Waals surface area (Å²) in [6.45, 7) is 0.0735. The fourth-order valence-electron chi connectivity index (χ4n) is 2.50. The summed E-state index contributed by atoms with van der Waals surface area (Å²) in [5.41, 5.74) is 0. The lowest BCUT2D eigenvalue weighted by Gasteiger charge is -2.20. The van der Waals surface area contributed by atoms with Crippen molar-refractivity contribution in [1.82, 2.24) is 4.90 Å². The van der Waals surface area contributed by atoms with Gasteiger partial charge in [0.15, 0.2) is 0 Å². The molecular formula is C14H13NO4S. The van der Waals surface area contributed by atoms with Crippen molar-refractivity contribution in [3.05, 3.63) is 35.2 Å². The zero-order valence-electron chi connectivity index (χ0n) is 10.5. The average Bonchev–Trinajstić information content (AvgIpc) is 3.01. The minimum absolute atomic E-state index is 0.0735. The normalized spacial score (nSPS) is 22.4. The molecule has 1 unspecified atom stereocenters. The summed E-state index contributed by atoms with van der Waals surface area (Å²) < 4.78 is 0.988. The number of fused-ring (bicyclic) bond motifs is 1. The number of aliphatic hydroxyl groups excluding tert-OH is 1. The predicted octanol–water partition coefficient (Wildman–Crippen LogP) is 1.56. The molecule has 0 saturated carbocycles. The number of carbonyl (C=O) groups is 2. The van der Waals surface area contributed by atoms with Gasteiger partial charge in [0.2, 0.25) is 0 Å². The fraction of sp³-hybridized carbons (Fsp3) is 0.286.